The molecule has 2 aliphatic rings. The summed E-state index contributed by atoms with van der Waals surface area (Å²) in [5.74, 6) is -1.79. The van der Waals surface area contributed by atoms with Crippen LogP contribution in [0.4, 0.5) is 0 Å². The lowest BCUT2D eigenvalue weighted by Gasteiger charge is -2.37. The molecule has 0 aromatic heterocycles. The standard InChI is InChI=1S/C30H46N6O7S/c1-22(37)43-18-14-30(2,3)29(40)33-32-21-34-16-12-24(13-17-34)20-36(44(4,41)42)26(19-23-9-6-5-7-10-23)28(39)35-15-8-11-25(35)27(31)38/h5-7,9-10,24-26H,8,11-21H2,1-4H3,(H2,31,38)/t25-,26+/m0/s1. The summed E-state index contributed by atoms with van der Waals surface area (Å²) in [6.45, 7) is 6.89. The van der Waals surface area contributed by atoms with Gasteiger partial charge in [0.25, 0.3) is 5.91 Å². The van der Waals surface area contributed by atoms with Gasteiger partial charge in [-0.1, -0.05) is 44.2 Å². The van der Waals surface area contributed by atoms with E-state index in [-0.39, 0.29) is 32.2 Å². The van der Waals surface area contributed by atoms with Crippen molar-refractivity contribution in [3.05, 3.63) is 35.9 Å². The molecule has 0 spiro atoms. The number of carbonyl (C=O) groups excluding carboxylic acids is 4. The van der Waals surface area contributed by atoms with Crippen LogP contribution in [0.5, 0.6) is 0 Å². The highest BCUT2D eigenvalue weighted by molar-refractivity contribution is 7.88. The summed E-state index contributed by atoms with van der Waals surface area (Å²) in [6.07, 6.45) is 4.07. The number of azo groups is 1. The minimum atomic E-state index is -3.80. The Balaban J connectivity index is 1.65. The molecule has 2 heterocycles. The lowest BCUT2D eigenvalue weighted by atomic mass is 9.89. The zero-order valence-corrected chi connectivity index (χ0v) is 27.0. The van der Waals surface area contributed by atoms with Gasteiger partial charge < -0.3 is 15.4 Å². The van der Waals surface area contributed by atoms with E-state index in [9.17, 15) is 27.6 Å². The zero-order chi connectivity index (χ0) is 32.5. The summed E-state index contributed by atoms with van der Waals surface area (Å²) in [5, 5.41) is 7.96. The van der Waals surface area contributed by atoms with Crippen molar-refractivity contribution in [3.63, 3.8) is 0 Å². The summed E-state index contributed by atoms with van der Waals surface area (Å²) in [4.78, 5) is 53.0. The average Bonchev–Trinajstić information content (AvgIpc) is 3.45. The molecule has 3 rings (SSSR count). The van der Waals surface area contributed by atoms with Crippen LogP contribution in [0.15, 0.2) is 40.6 Å². The van der Waals surface area contributed by atoms with Crippen molar-refractivity contribution in [2.24, 2.45) is 27.3 Å². The highest BCUT2D eigenvalue weighted by Gasteiger charge is 2.41. The maximum atomic E-state index is 13.9. The van der Waals surface area contributed by atoms with Crippen molar-refractivity contribution >= 4 is 33.7 Å². The molecule has 2 atom stereocenters. The van der Waals surface area contributed by atoms with Crippen LogP contribution < -0.4 is 5.73 Å². The molecule has 2 fully saturated rings. The number of hydrogen-bond donors (Lipinski definition) is 1. The highest BCUT2D eigenvalue weighted by atomic mass is 32.2. The van der Waals surface area contributed by atoms with Crippen molar-refractivity contribution in [2.45, 2.75) is 71.4 Å². The van der Waals surface area contributed by atoms with Gasteiger partial charge in [0.2, 0.25) is 21.8 Å². The third-order valence-electron chi connectivity index (χ3n) is 8.38. The molecular weight excluding hydrogens is 588 g/mol. The number of esters is 1. The van der Waals surface area contributed by atoms with E-state index < -0.39 is 51.2 Å². The molecule has 1 aromatic carbocycles. The number of ether oxygens (including phenoxy) is 1. The van der Waals surface area contributed by atoms with Crippen LogP contribution in [0.25, 0.3) is 0 Å². The van der Waals surface area contributed by atoms with E-state index in [0.717, 1.165) is 11.8 Å². The van der Waals surface area contributed by atoms with Gasteiger partial charge in [-0.3, -0.25) is 24.1 Å². The van der Waals surface area contributed by atoms with Gasteiger partial charge in [-0.25, -0.2) is 8.42 Å². The lowest BCUT2D eigenvalue weighted by Crippen LogP contribution is -2.56. The molecule has 244 valence electrons. The van der Waals surface area contributed by atoms with Gasteiger partial charge in [0.1, 0.15) is 18.8 Å². The smallest absolute Gasteiger partial charge is 0.302 e. The van der Waals surface area contributed by atoms with Crippen molar-refractivity contribution < 1.29 is 32.3 Å². The van der Waals surface area contributed by atoms with Crippen LogP contribution in [0, 0.1) is 11.3 Å². The molecule has 0 saturated carbocycles. The molecule has 0 unspecified atom stereocenters. The fourth-order valence-electron chi connectivity index (χ4n) is 5.60. The van der Waals surface area contributed by atoms with Crippen LogP contribution in [-0.2, 0) is 40.4 Å². The molecule has 3 amide bonds. The van der Waals surface area contributed by atoms with Crippen molar-refractivity contribution in [1.82, 2.24) is 14.1 Å². The zero-order valence-electron chi connectivity index (χ0n) is 26.2. The van der Waals surface area contributed by atoms with Crippen molar-refractivity contribution in [2.75, 3.05) is 45.7 Å². The normalized spacial score (nSPS) is 19.4. The molecule has 2 N–H and O–H groups in total. The van der Waals surface area contributed by atoms with E-state index in [1.54, 1.807) is 13.8 Å². The Hall–Kier alpha value is -3.23. The Morgan fingerprint density at radius 3 is 2.34 bits per heavy atom. The van der Waals surface area contributed by atoms with E-state index in [2.05, 4.69) is 10.2 Å². The van der Waals surface area contributed by atoms with Crippen molar-refractivity contribution in [1.29, 1.82) is 0 Å². The molecule has 1 aromatic rings. The molecule has 2 saturated heterocycles. The van der Waals surface area contributed by atoms with Crippen LogP contribution in [-0.4, -0.2) is 104 Å². The summed E-state index contributed by atoms with van der Waals surface area (Å²) in [7, 11) is -3.80. The number of carbonyl (C=O) groups is 4. The fourth-order valence-corrected chi connectivity index (χ4v) is 6.71. The fraction of sp³-hybridized carbons (Fsp3) is 0.667. The number of sulfonamides is 1. The van der Waals surface area contributed by atoms with E-state index in [1.165, 1.54) is 16.1 Å². The molecule has 0 aliphatic carbocycles. The van der Waals surface area contributed by atoms with E-state index in [1.807, 2.05) is 35.2 Å². The van der Waals surface area contributed by atoms with Gasteiger partial charge in [0.05, 0.1) is 18.3 Å². The molecule has 44 heavy (non-hydrogen) atoms. The number of piperidine rings is 1. The monoisotopic (exact) mass is 634 g/mol. The largest absolute Gasteiger partial charge is 0.466 e. The summed E-state index contributed by atoms with van der Waals surface area (Å²) in [6, 6.07) is 7.50. The Labute approximate surface area is 260 Å². The summed E-state index contributed by atoms with van der Waals surface area (Å²) in [5.41, 5.74) is 5.59. The van der Waals surface area contributed by atoms with Gasteiger partial charge in [0, 0.05) is 33.1 Å². The Morgan fingerprint density at radius 2 is 1.75 bits per heavy atom. The predicted octanol–water partition coefficient (Wildman–Crippen LogP) is 1.96. The highest BCUT2D eigenvalue weighted by Crippen LogP contribution is 2.27. The lowest BCUT2D eigenvalue weighted by molar-refractivity contribution is -0.143. The summed E-state index contributed by atoms with van der Waals surface area (Å²) >= 11 is 0. The quantitative estimate of drug-likeness (QED) is 0.239. The van der Waals surface area contributed by atoms with E-state index in [0.29, 0.717) is 51.7 Å². The first-order valence-corrected chi connectivity index (χ1v) is 16.9. The third-order valence-corrected chi connectivity index (χ3v) is 9.63. The van der Waals surface area contributed by atoms with E-state index in [4.69, 9.17) is 10.5 Å². The minimum absolute atomic E-state index is 0.00339. The maximum Gasteiger partial charge on any atom is 0.302 e. The Bertz CT molecular complexity index is 1300. The van der Waals surface area contributed by atoms with Crippen molar-refractivity contribution in [3.8, 4) is 0 Å². The van der Waals surface area contributed by atoms with Crippen LogP contribution in [0.3, 0.4) is 0 Å². The maximum absolute atomic E-state index is 13.9. The van der Waals surface area contributed by atoms with E-state index >= 15 is 0 Å². The molecular formula is C30H46N6O7S. The third kappa shape index (κ3) is 10.2. The Kier molecular flexibility index (Phi) is 12.6. The number of primary amides is 1. The molecule has 14 heteroatoms. The number of nitrogens with zero attached hydrogens (tertiary/aromatic N) is 5. The van der Waals surface area contributed by atoms with Gasteiger partial charge in [0.15, 0.2) is 0 Å². The molecule has 0 radical (unpaired) electrons. The number of benzene rings is 1. The Morgan fingerprint density at radius 1 is 1.09 bits per heavy atom. The number of likely N-dealkylation sites (tertiary alicyclic amines) is 2. The number of amides is 3. The second-order valence-corrected chi connectivity index (χ2v) is 14.3. The first-order chi connectivity index (χ1) is 20.7. The number of rotatable bonds is 14. The van der Waals surface area contributed by atoms with Crippen LogP contribution in [0.1, 0.15) is 58.4 Å². The van der Waals surface area contributed by atoms with Crippen LogP contribution >= 0.6 is 0 Å². The molecule has 0 bridgehead atoms. The van der Waals surface area contributed by atoms with Gasteiger partial charge in [-0.15, -0.1) is 5.11 Å². The minimum Gasteiger partial charge on any atom is -0.466 e. The van der Waals surface area contributed by atoms with Crippen LogP contribution in [0.2, 0.25) is 0 Å². The second-order valence-electron chi connectivity index (χ2n) is 12.4. The van der Waals surface area contributed by atoms with Gasteiger partial charge in [-0.2, -0.15) is 9.42 Å². The predicted molar refractivity (Wildman–Crippen MR) is 163 cm³/mol. The number of nitrogens with two attached hydrogens (primary N) is 1. The first kappa shape index (κ1) is 35.3. The molecule has 13 nitrogen and oxygen atoms in total. The topological polar surface area (TPSA) is 172 Å². The summed E-state index contributed by atoms with van der Waals surface area (Å²) < 4.78 is 32.6. The average molecular weight is 635 g/mol. The first-order valence-electron chi connectivity index (χ1n) is 15.1. The second kappa shape index (κ2) is 15.7. The van der Waals surface area contributed by atoms with Gasteiger partial charge >= 0.3 is 5.97 Å². The molecule has 2 aliphatic heterocycles. The SMILES string of the molecule is CC(=O)OCCC(C)(C)C(=O)N=NCN1CCC(CN([C@H](Cc2ccccc2)C(=O)N2CCC[C@H]2C(N)=O)S(C)(=O)=O)CC1. The number of hydrogen-bond acceptors (Lipinski definition) is 9. The van der Waals surface area contributed by atoms with Gasteiger partial charge in [-0.05, 0) is 50.0 Å².